The maximum atomic E-state index is 11.8. The molecular weight excluding hydrogens is 414 g/mol. The van der Waals surface area contributed by atoms with Gasteiger partial charge in [-0.3, -0.25) is 0 Å². The Morgan fingerprint density at radius 2 is 1.19 bits per heavy atom. The molecule has 1 unspecified atom stereocenters. The van der Waals surface area contributed by atoms with Crippen LogP contribution in [0.4, 0.5) is 17.1 Å². The molecule has 0 amide bonds. The predicted molar refractivity (Wildman–Crippen MR) is 133 cm³/mol. The molecule has 0 saturated heterocycles. The van der Waals surface area contributed by atoms with Gasteiger partial charge in [0.05, 0.1) is 5.75 Å². The van der Waals surface area contributed by atoms with Gasteiger partial charge >= 0.3 is 0 Å². The second kappa shape index (κ2) is 8.64. The lowest BCUT2D eigenvalue weighted by molar-refractivity contribution is 0.545. The summed E-state index contributed by atoms with van der Waals surface area (Å²) in [5, 5.41) is 0. The first kappa shape index (κ1) is 20.5. The molecule has 5 rings (SSSR count). The first-order valence-electron chi connectivity index (χ1n) is 10.8. The quantitative estimate of drug-likeness (QED) is 0.342. The fraction of sp³-hybridized carbons (Fsp3) is 0.143. The smallest absolute Gasteiger partial charge is 0.206 e. The van der Waals surface area contributed by atoms with Crippen LogP contribution in [0.3, 0.4) is 0 Å². The summed E-state index contributed by atoms with van der Waals surface area (Å²) >= 11 is -1.23. The molecule has 0 N–H and O–H groups in total. The third kappa shape index (κ3) is 4.19. The topological polar surface area (TPSA) is 29.5 Å². The van der Waals surface area contributed by atoms with Gasteiger partial charge < -0.3 is 9.08 Å². The van der Waals surface area contributed by atoms with Gasteiger partial charge in [-0.1, -0.05) is 59.7 Å². The number of fused-ring (bicyclic) bond motifs is 1. The molecule has 32 heavy (non-hydrogen) atoms. The lowest BCUT2D eigenvalue weighted by Gasteiger charge is -2.26. The van der Waals surface area contributed by atoms with Gasteiger partial charge in [0.1, 0.15) is 5.75 Å². The summed E-state index contributed by atoms with van der Waals surface area (Å²) < 4.78 is 17.3. The summed E-state index contributed by atoms with van der Waals surface area (Å²) in [5.74, 6) is 1.30. The first-order valence-corrected chi connectivity index (χ1v) is 12.0. The fourth-order valence-corrected chi connectivity index (χ4v) is 4.82. The van der Waals surface area contributed by atoms with E-state index >= 15 is 0 Å². The summed E-state index contributed by atoms with van der Waals surface area (Å²) in [7, 11) is 0. The number of aryl methyl sites for hydroxylation is 3. The van der Waals surface area contributed by atoms with Crippen molar-refractivity contribution in [2.24, 2.45) is 0 Å². The number of anilines is 3. The summed E-state index contributed by atoms with van der Waals surface area (Å²) in [6, 6.07) is 31.9. The number of rotatable bonds is 4. The van der Waals surface area contributed by atoms with Gasteiger partial charge in [0.15, 0.2) is 0 Å². The SMILES string of the molecule is Cc1ccc(N(c2ccc(C)cc2)c2ccc(-c3ccc4c(c3)OS(=O)CC4)cc2)cc1. The van der Waals surface area contributed by atoms with Gasteiger partial charge in [0, 0.05) is 17.1 Å². The van der Waals surface area contributed by atoms with E-state index in [-0.39, 0.29) is 0 Å². The number of hydrogen-bond donors (Lipinski definition) is 0. The van der Waals surface area contributed by atoms with Crippen molar-refractivity contribution in [3.63, 3.8) is 0 Å². The minimum absolute atomic E-state index is 0.564. The maximum absolute atomic E-state index is 11.8. The highest BCUT2D eigenvalue weighted by Gasteiger charge is 2.17. The van der Waals surface area contributed by atoms with Crippen molar-refractivity contribution in [2.45, 2.75) is 20.3 Å². The van der Waals surface area contributed by atoms with E-state index in [1.807, 2.05) is 6.07 Å². The average Bonchev–Trinajstić information content (AvgIpc) is 2.82. The highest BCUT2D eigenvalue weighted by atomic mass is 32.2. The Labute approximate surface area is 192 Å². The van der Waals surface area contributed by atoms with Crippen molar-refractivity contribution in [1.82, 2.24) is 0 Å². The molecule has 1 heterocycles. The zero-order valence-electron chi connectivity index (χ0n) is 18.2. The second-order valence-electron chi connectivity index (χ2n) is 8.22. The Morgan fingerprint density at radius 1 is 0.688 bits per heavy atom. The van der Waals surface area contributed by atoms with Crippen LogP contribution in [0.15, 0.2) is 91.0 Å². The van der Waals surface area contributed by atoms with E-state index in [9.17, 15) is 4.21 Å². The van der Waals surface area contributed by atoms with Crippen molar-refractivity contribution in [1.29, 1.82) is 0 Å². The van der Waals surface area contributed by atoms with Crippen molar-refractivity contribution in [3.05, 3.63) is 108 Å². The minimum Gasteiger partial charge on any atom is -0.400 e. The van der Waals surface area contributed by atoms with Crippen LogP contribution in [-0.4, -0.2) is 9.96 Å². The molecule has 0 bridgehead atoms. The largest absolute Gasteiger partial charge is 0.400 e. The van der Waals surface area contributed by atoms with Gasteiger partial charge in [0.2, 0.25) is 11.1 Å². The third-order valence-corrected chi connectivity index (χ3v) is 6.73. The highest BCUT2D eigenvalue weighted by molar-refractivity contribution is 7.80. The Bertz CT molecular complexity index is 1220. The fourth-order valence-electron chi connectivity index (χ4n) is 3.99. The normalized spacial score (nSPS) is 15.0. The Morgan fingerprint density at radius 3 is 1.75 bits per heavy atom. The van der Waals surface area contributed by atoms with Gasteiger partial charge in [0.25, 0.3) is 0 Å². The van der Waals surface area contributed by atoms with E-state index in [4.69, 9.17) is 4.18 Å². The van der Waals surface area contributed by atoms with Gasteiger partial charge in [-0.05, 0) is 79.4 Å². The number of benzene rings is 4. The summed E-state index contributed by atoms with van der Waals surface area (Å²) in [6.07, 6.45) is 0.795. The molecule has 1 atom stereocenters. The molecule has 160 valence electrons. The number of nitrogens with zero attached hydrogens (tertiary/aromatic N) is 1. The lowest BCUT2D eigenvalue weighted by Crippen LogP contribution is -2.14. The van der Waals surface area contributed by atoms with Crippen LogP contribution >= 0.6 is 0 Å². The molecule has 0 saturated carbocycles. The van der Waals surface area contributed by atoms with Crippen LogP contribution < -0.4 is 9.08 Å². The Kier molecular flexibility index (Phi) is 5.54. The van der Waals surface area contributed by atoms with Crippen LogP contribution in [0.2, 0.25) is 0 Å². The van der Waals surface area contributed by atoms with E-state index in [0.717, 1.165) is 45.9 Å². The molecule has 0 aliphatic carbocycles. The van der Waals surface area contributed by atoms with E-state index in [0.29, 0.717) is 5.75 Å². The number of hydrogen-bond acceptors (Lipinski definition) is 3. The maximum Gasteiger partial charge on any atom is 0.206 e. The van der Waals surface area contributed by atoms with Crippen molar-refractivity contribution in [2.75, 3.05) is 10.7 Å². The van der Waals surface area contributed by atoms with Crippen LogP contribution in [0.1, 0.15) is 16.7 Å². The van der Waals surface area contributed by atoms with Crippen LogP contribution in [0.25, 0.3) is 11.1 Å². The van der Waals surface area contributed by atoms with E-state index in [1.54, 1.807) is 0 Å². The summed E-state index contributed by atoms with van der Waals surface area (Å²) in [5.41, 5.74) is 9.10. The molecule has 1 aliphatic heterocycles. The molecule has 3 nitrogen and oxygen atoms in total. The van der Waals surface area contributed by atoms with E-state index in [2.05, 4.69) is 104 Å². The monoisotopic (exact) mass is 439 g/mol. The summed E-state index contributed by atoms with van der Waals surface area (Å²) in [4.78, 5) is 2.27. The molecule has 4 aromatic rings. The second-order valence-corrected chi connectivity index (χ2v) is 9.40. The highest BCUT2D eigenvalue weighted by Crippen LogP contribution is 2.37. The molecule has 0 spiro atoms. The molecule has 0 aromatic heterocycles. The predicted octanol–water partition coefficient (Wildman–Crippen LogP) is 7.04. The minimum atomic E-state index is -1.23. The van der Waals surface area contributed by atoms with Gasteiger partial charge in [-0.2, -0.15) is 0 Å². The molecule has 1 aliphatic rings. The Balaban J connectivity index is 1.51. The van der Waals surface area contributed by atoms with Crippen molar-refractivity contribution in [3.8, 4) is 16.9 Å². The van der Waals surface area contributed by atoms with Crippen LogP contribution in [0.5, 0.6) is 5.75 Å². The Hall–Kier alpha value is -3.37. The molecule has 0 fully saturated rings. The average molecular weight is 440 g/mol. The first-order chi connectivity index (χ1) is 15.6. The zero-order valence-corrected chi connectivity index (χ0v) is 19.1. The molecule has 0 radical (unpaired) electrons. The lowest BCUT2D eigenvalue weighted by atomic mass is 10.0. The summed E-state index contributed by atoms with van der Waals surface area (Å²) in [6.45, 7) is 4.21. The van der Waals surface area contributed by atoms with E-state index < -0.39 is 11.1 Å². The van der Waals surface area contributed by atoms with Crippen molar-refractivity contribution >= 4 is 28.1 Å². The molecule has 4 heteroatoms. The third-order valence-electron chi connectivity index (χ3n) is 5.83. The standard InChI is InChI=1S/C28H25NO2S/c1-20-3-11-25(12-4-20)29(26-13-5-21(2)6-14-26)27-15-9-22(10-16-27)24-8-7-23-17-18-32(30)31-28(23)19-24/h3-16,19H,17-18H2,1-2H3. The van der Waals surface area contributed by atoms with Gasteiger partial charge in [-0.25, -0.2) is 4.21 Å². The van der Waals surface area contributed by atoms with Crippen LogP contribution in [-0.2, 0) is 17.5 Å². The van der Waals surface area contributed by atoms with E-state index in [1.165, 1.54) is 11.1 Å². The van der Waals surface area contributed by atoms with Crippen molar-refractivity contribution < 1.29 is 8.39 Å². The molecular formula is C28H25NO2S. The zero-order chi connectivity index (χ0) is 22.1. The molecule has 4 aromatic carbocycles. The van der Waals surface area contributed by atoms with Crippen LogP contribution in [0, 0.1) is 13.8 Å². The van der Waals surface area contributed by atoms with Gasteiger partial charge in [-0.15, -0.1) is 0 Å².